The summed E-state index contributed by atoms with van der Waals surface area (Å²) in [6.45, 7) is 7.88. The van der Waals surface area contributed by atoms with Crippen LogP contribution in [0.5, 0.6) is 0 Å². The van der Waals surface area contributed by atoms with E-state index in [1.807, 2.05) is 11.7 Å². The lowest BCUT2D eigenvalue weighted by atomic mass is 10.1. The summed E-state index contributed by atoms with van der Waals surface area (Å²) < 4.78 is 7.61. The Labute approximate surface area is 121 Å². The second kappa shape index (κ2) is 7.20. The summed E-state index contributed by atoms with van der Waals surface area (Å²) in [7, 11) is 1.94. The third kappa shape index (κ3) is 3.81. The number of aryl methyl sites for hydroxylation is 2. The molecule has 1 saturated heterocycles. The SMILES string of the molecule is CCCN1CCOC(C(O)Cc2cc(CC)nn2C)C1. The summed E-state index contributed by atoms with van der Waals surface area (Å²) in [5, 5.41) is 14.9. The highest BCUT2D eigenvalue weighted by Gasteiger charge is 2.27. The number of ether oxygens (including phenoxy) is 1. The minimum atomic E-state index is -0.463. The molecule has 1 fully saturated rings. The number of hydrogen-bond donors (Lipinski definition) is 1. The van der Waals surface area contributed by atoms with Gasteiger partial charge in [-0.3, -0.25) is 9.58 Å². The first-order valence-corrected chi connectivity index (χ1v) is 7.67. The molecule has 0 amide bonds. The Balaban J connectivity index is 1.93. The van der Waals surface area contributed by atoms with Crippen molar-refractivity contribution in [2.45, 2.75) is 45.3 Å². The summed E-state index contributed by atoms with van der Waals surface area (Å²) in [6, 6.07) is 2.08. The summed E-state index contributed by atoms with van der Waals surface area (Å²) in [4.78, 5) is 2.37. The van der Waals surface area contributed by atoms with E-state index < -0.39 is 6.10 Å². The van der Waals surface area contributed by atoms with Crippen molar-refractivity contribution >= 4 is 0 Å². The fourth-order valence-corrected chi connectivity index (χ4v) is 2.76. The maximum atomic E-state index is 10.4. The molecular weight excluding hydrogens is 254 g/mol. The van der Waals surface area contributed by atoms with E-state index in [2.05, 4.69) is 29.9 Å². The minimum absolute atomic E-state index is 0.0877. The molecule has 2 heterocycles. The van der Waals surface area contributed by atoms with Gasteiger partial charge in [-0.1, -0.05) is 13.8 Å². The van der Waals surface area contributed by atoms with Gasteiger partial charge in [0, 0.05) is 32.3 Å². The number of hydrogen-bond acceptors (Lipinski definition) is 4. The first-order chi connectivity index (χ1) is 9.63. The zero-order chi connectivity index (χ0) is 14.5. The molecule has 1 aliphatic rings. The summed E-state index contributed by atoms with van der Waals surface area (Å²) in [5.74, 6) is 0. The van der Waals surface area contributed by atoms with Gasteiger partial charge in [0.25, 0.3) is 0 Å². The molecule has 0 saturated carbocycles. The Kier molecular flexibility index (Phi) is 5.57. The molecule has 2 atom stereocenters. The van der Waals surface area contributed by atoms with E-state index >= 15 is 0 Å². The van der Waals surface area contributed by atoms with Crippen LogP contribution < -0.4 is 0 Å². The number of aliphatic hydroxyl groups is 1. The fourth-order valence-electron chi connectivity index (χ4n) is 2.76. The van der Waals surface area contributed by atoms with Crippen molar-refractivity contribution < 1.29 is 9.84 Å². The van der Waals surface area contributed by atoms with E-state index in [1.165, 1.54) is 0 Å². The van der Waals surface area contributed by atoms with Gasteiger partial charge in [-0.15, -0.1) is 0 Å². The molecule has 0 spiro atoms. The third-order valence-electron chi connectivity index (χ3n) is 3.95. The van der Waals surface area contributed by atoms with Crippen molar-refractivity contribution in [2.75, 3.05) is 26.2 Å². The van der Waals surface area contributed by atoms with Crippen LogP contribution in [0, 0.1) is 0 Å². The smallest absolute Gasteiger partial charge is 0.0964 e. The second-order valence-electron chi connectivity index (χ2n) is 5.59. The van der Waals surface area contributed by atoms with Gasteiger partial charge in [0.05, 0.1) is 24.5 Å². The van der Waals surface area contributed by atoms with E-state index in [-0.39, 0.29) is 6.10 Å². The van der Waals surface area contributed by atoms with E-state index in [4.69, 9.17) is 4.74 Å². The van der Waals surface area contributed by atoms with Gasteiger partial charge in [0.1, 0.15) is 0 Å². The number of morpholine rings is 1. The summed E-state index contributed by atoms with van der Waals surface area (Å²) in [6.07, 6.45) is 2.12. The minimum Gasteiger partial charge on any atom is -0.390 e. The van der Waals surface area contributed by atoms with Crippen LogP contribution >= 0.6 is 0 Å². The molecule has 20 heavy (non-hydrogen) atoms. The highest BCUT2D eigenvalue weighted by molar-refractivity contribution is 5.11. The molecule has 1 aliphatic heterocycles. The summed E-state index contributed by atoms with van der Waals surface area (Å²) >= 11 is 0. The molecule has 0 aliphatic carbocycles. The van der Waals surface area contributed by atoms with Gasteiger partial charge in [-0.25, -0.2) is 0 Å². The molecule has 114 valence electrons. The monoisotopic (exact) mass is 281 g/mol. The number of rotatable bonds is 6. The third-order valence-corrected chi connectivity index (χ3v) is 3.95. The van der Waals surface area contributed by atoms with Crippen LogP contribution in [0.1, 0.15) is 31.7 Å². The van der Waals surface area contributed by atoms with Gasteiger partial charge < -0.3 is 9.84 Å². The molecule has 1 aromatic heterocycles. The van der Waals surface area contributed by atoms with Crippen LogP contribution in [0.25, 0.3) is 0 Å². The lowest BCUT2D eigenvalue weighted by molar-refractivity contribution is -0.0881. The fraction of sp³-hybridized carbons (Fsp3) is 0.800. The van der Waals surface area contributed by atoms with Crippen molar-refractivity contribution in [3.8, 4) is 0 Å². The number of aromatic nitrogens is 2. The van der Waals surface area contributed by atoms with Gasteiger partial charge in [-0.2, -0.15) is 5.10 Å². The Morgan fingerprint density at radius 3 is 2.95 bits per heavy atom. The van der Waals surface area contributed by atoms with E-state index in [9.17, 15) is 5.11 Å². The molecule has 1 aromatic rings. The molecule has 0 bridgehead atoms. The Morgan fingerprint density at radius 2 is 2.30 bits per heavy atom. The van der Waals surface area contributed by atoms with Crippen molar-refractivity contribution in [1.29, 1.82) is 0 Å². The molecule has 0 aromatic carbocycles. The maximum Gasteiger partial charge on any atom is 0.0964 e. The standard InChI is InChI=1S/C15H27N3O2/c1-4-6-18-7-8-20-15(11-18)14(19)10-13-9-12(5-2)16-17(13)3/h9,14-15,19H,4-8,10-11H2,1-3H3. The van der Waals surface area contributed by atoms with Crippen LogP contribution in [0.2, 0.25) is 0 Å². The van der Waals surface area contributed by atoms with Crippen molar-refractivity contribution in [3.63, 3.8) is 0 Å². The Hall–Kier alpha value is -0.910. The summed E-state index contributed by atoms with van der Waals surface area (Å²) in [5.41, 5.74) is 2.15. The lowest BCUT2D eigenvalue weighted by Gasteiger charge is -2.35. The van der Waals surface area contributed by atoms with E-state index in [1.54, 1.807) is 0 Å². The van der Waals surface area contributed by atoms with Crippen LogP contribution in [-0.2, 0) is 24.6 Å². The maximum absolute atomic E-state index is 10.4. The van der Waals surface area contributed by atoms with Gasteiger partial charge in [-0.05, 0) is 25.5 Å². The van der Waals surface area contributed by atoms with Crippen molar-refractivity contribution in [1.82, 2.24) is 14.7 Å². The predicted molar refractivity (Wildman–Crippen MR) is 78.8 cm³/mol. The molecule has 0 radical (unpaired) electrons. The molecule has 2 rings (SSSR count). The molecule has 2 unspecified atom stereocenters. The second-order valence-corrected chi connectivity index (χ2v) is 5.59. The predicted octanol–water partition coefficient (Wildman–Crippen LogP) is 0.997. The van der Waals surface area contributed by atoms with Crippen LogP contribution in [-0.4, -0.2) is 58.2 Å². The van der Waals surface area contributed by atoms with Gasteiger partial charge >= 0.3 is 0 Å². The molecule has 5 nitrogen and oxygen atoms in total. The van der Waals surface area contributed by atoms with E-state index in [0.29, 0.717) is 13.0 Å². The van der Waals surface area contributed by atoms with Crippen LogP contribution in [0.3, 0.4) is 0 Å². The Morgan fingerprint density at radius 1 is 1.50 bits per heavy atom. The average Bonchev–Trinajstić information content (AvgIpc) is 2.80. The molecule has 5 heteroatoms. The van der Waals surface area contributed by atoms with Gasteiger partial charge in [0.15, 0.2) is 0 Å². The van der Waals surface area contributed by atoms with E-state index in [0.717, 1.165) is 43.9 Å². The zero-order valence-corrected chi connectivity index (χ0v) is 12.9. The first-order valence-electron chi connectivity index (χ1n) is 7.67. The van der Waals surface area contributed by atoms with Crippen LogP contribution in [0.4, 0.5) is 0 Å². The van der Waals surface area contributed by atoms with Crippen molar-refractivity contribution in [3.05, 3.63) is 17.5 Å². The first kappa shape index (κ1) is 15.5. The highest BCUT2D eigenvalue weighted by Crippen LogP contribution is 2.14. The molecular formula is C15H27N3O2. The normalized spacial score (nSPS) is 22.1. The largest absolute Gasteiger partial charge is 0.390 e. The van der Waals surface area contributed by atoms with Crippen molar-refractivity contribution in [2.24, 2.45) is 7.05 Å². The Bertz CT molecular complexity index is 417. The zero-order valence-electron chi connectivity index (χ0n) is 12.9. The van der Waals surface area contributed by atoms with Gasteiger partial charge in [0.2, 0.25) is 0 Å². The topological polar surface area (TPSA) is 50.5 Å². The number of aliphatic hydroxyl groups excluding tert-OH is 1. The lowest BCUT2D eigenvalue weighted by Crippen LogP contribution is -2.48. The average molecular weight is 281 g/mol. The highest BCUT2D eigenvalue weighted by atomic mass is 16.5. The van der Waals surface area contributed by atoms with Crippen LogP contribution in [0.15, 0.2) is 6.07 Å². The number of nitrogens with zero attached hydrogens (tertiary/aromatic N) is 3. The quantitative estimate of drug-likeness (QED) is 0.845. The molecule has 1 N–H and O–H groups in total.